The number of carbonyl (C=O) groups is 1. The number of rotatable bonds is 3. The number of hydrogen-bond donors (Lipinski definition) is 2. The minimum Gasteiger partial charge on any atom is -0.477 e. The number of aliphatic hydroxyl groups is 1. The third kappa shape index (κ3) is 2.63. The highest BCUT2D eigenvalue weighted by molar-refractivity contribution is 7.17. The summed E-state index contributed by atoms with van der Waals surface area (Å²) in [6.07, 6.45) is -0.250. The summed E-state index contributed by atoms with van der Waals surface area (Å²) in [5.74, 6) is -0.948. The number of aryl methyl sites for hydroxylation is 1. The zero-order chi connectivity index (χ0) is 13.3. The third-order valence-electron chi connectivity index (χ3n) is 2.78. The van der Waals surface area contributed by atoms with Crippen LogP contribution in [0.15, 0.2) is 0 Å². The Bertz CT molecular complexity index is 448. The number of aromatic carboxylic acids is 1. The van der Waals surface area contributed by atoms with Crippen molar-refractivity contribution in [3.05, 3.63) is 10.6 Å². The Kier molecular flexibility index (Phi) is 3.84. The zero-order valence-electron chi connectivity index (χ0n) is 10.3. The second-order valence-corrected chi connectivity index (χ2v) is 5.35. The molecule has 1 saturated heterocycles. The quantitative estimate of drug-likeness (QED) is 0.844. The molecule has 0 amide bonds. The van der Waals surface area contributed by atoms with Gasteiger partial charge in [0.25, 0.3) is 0 Å². The molecular weight excluding hydrogens is 256 g/mol. The number of hydrogen-bond acceptors (Lipinski definition) is 6. The van der Waals surface area contributed by atoms with Crippen molar-refractivity contribution in [2.45, 2.75) is 26.1 Å². The molecule has 7 heteroatoms. The molecule has 18 heavy (non-hydrogen) atoms. The minimum absolute atomic E-state index is 0.00613. The topological polar surface area (TPSA) is 82.9 Å². The fourth-order valence-electron chi connectivity index (χ4n) is 2.02. The second kappa shape index (κ2) is 5.21. The molecule has 1 fully saturated rings. The first-order chi connectivity index (χ1) is 8.51. The van der Waals surface area contributed by atoms with E-state index in [9.17, 15) is 4.79 Å². The van der Waals surface area contributed by atoms with Crippen LogP contribution in [0, 0.1) is 6.92 Å². The first-order valence-electron chi connectivity index (χ1n) is 5.73. The van der Waals surface area contributed by atoms with Crippen molar-refractivity contribution >= 4 is 22.4 Å². The summed E-state index contributed by atoms with van der Waals surface area (Å²) in [5, 5.41) is 18.9. The number of aromatic nitrogens is 1. The highest BCUT2D eigenvalue weighted by atomic mass is 32.1. The fourth-order valence-corrected chi connectivity index (χ4v) is 2.94. The van der Waals surface area contributed by atoms with Gasteiger partial charge in [0.15, 0.2) is 5.13 Å². The molecule has 1 aromatic heterocycles. The van der Waals surface area contributed by atoms with Crippen molar-refractivity contribution in [3.63, 3.8) is 0 Å². The lowest BCUT2D eigenvalue weighted by molar-refractivity contribution is -0.0421. The van der Waals surface area contributed by atoms with Gasteiger partial charge in [0.1, 0.15) is 4.88 Å². The molecular formula is C11H16N2O4S. The standard InChI is InChI=1S/C11H16N2O4S/c1-6-3-13(4-8(5-14)17-6)11-12-7(2)9(18-11)10(15)16/h6,8,14H,3-5H2,1-2H3,(H,15,16). The molecule has 0 aliphatic carbocycles. The number of carboxylic acid groups (broad SMARTS) is 1. The predicted octanol–water partition coefficient (Wildman–Crippen LogP) is 0.736. The Morgan fingerprint density at radius 3 is 2.89 bits per heavy atom. The number of thiazole rings is 1. The summed E-state index contributed by atoms with van der Waals surface area (Å²) in [4.78, 5) is 17.5. The van der Waals surface area contributed by atoms with Crippen LogP contribution in [0.5, 0.6) is 0 Å². The van der Waals surface area contributed by atoms with Gasteiger partial charge in [0, 0.05) is 13.1 Å². The number of morpholine rings is 1. The van der Waals surface area contributed by atoms with Gasteiger partial charge in [-0.1, -0.05) is 11.3 Å². The summed E-state index contributed by atoms with van der Waals surface area (Å²) in [6, 6.07) is 0. The van der Waals surface area contributed by atoms with Crippen molar-refractivity contribution in [1.29, 1.82) is 0 Å². The van der Waals surface area contributed by atoms with Gasteiger partial charge >= 0.3 is 5.97 Å². The van der Waals surface area contributed by atoms with E-state index in [2.05, 4.69) is 4.98 Å². The Labute approximate surface area is 109 Å². The van der Waals surface area contributed by atoms with Gasteiger partial charge in [-0.2, -0.15) is 0 Å². The Morgan fingerprint density at radius 1 is 1.61 bits per heavy atom. The fraction of sp³-hybridized carbons (Fsp3) is 0.636. The van der Waals surface area contributed by atoms with E-state index in [1.165, 1.54) is 11.3 Å². The van der Waals surface area contributed by atoms with Crippen LogP contribution in [0.25, 0.3) is 0 Å². The summed E-state index contributed by atoms with van der Waals surface area (Å²) in [7, 11) is 0. The first-order valence-corrected chi connectivity index (χ1v) is 6.55. The average molecular weight is 272 g/mol. The van der Waals surface area contributed by atoms with Gasteiger partial charge in [-0.05, 0) is 13.8 Å². The lowest BCUT2D eigenvalue weighted by Crippen LogP contribution is -2.48. The van der Waals surface area contributed by atoms with Crippen LogP contribution in [0.4, 0.5) is 5.13 Å². The normalized spacial score (nSPS) is 24.3. The number of anilines is 1. The third-order valence-corrected chi connectivity index (χ3v) is 3.99. The molecule has 6 nitrogen and oxygen atoms in total. The maximum absolute atomic E-state index is 11.0. The molecule has 100 valence electrons. The van der Waals surface area contributed by atoms with Crippen LogP contribution in [0.3, 0.4) is 0 Å². The lowest BCUT2D eigenvalue weighted by atomic mass is 10.2. The van der Waals surface area contributed by atoms with Crippen molar-refractivity contribution < 1.29 is 19.7 Å². The molecule has 2 atom stereocenters. The van der Waals surface area contributed by atoms with Crippen LogP contribution >= 0.6 is 11.3 Å². The SMILES string of the molecule is Cc1nc(N2CC(C)OC(CO)C2)sc1C(=O)O. The van der Waals surface area contributed by atoms with Crippen molar-refractivity contribution in [2.75, 3.05) is 24.6 Å². The monoisotopic (exact) mass is 272 g/mol. The largest absolute Gasteiger partial charge is 0.477 e. The van der Waals surface area contributed by atoms with E-state index >= 15 is 0 Å². The van der Waals surface area contributed by atoms with Gasteiger partial charge in [-0.15, -0.1) is 0 Å². The molecule has 2 rings (SSSR count). The molecule has 2 heterocycles. The Hall–Kier alpha value is -1.18. The van der Waals surface area contributed by atoms with E-state index in [0.29, 0.717) is 23.9 Å². The van der Waals surface area contributed by atoms with E-state index in [1.54, 1.807) is 6.92 Å². The first kappa shape index (κ1) is 13.3. The number of ether oxygens (including phenoxy) is 1. The number of carboxylic acids is 1. The van der Waals surface area contributed by atoms with Gasteiger partial charge in [-0.3, -0.25) is 0 Å². The number of aliphatic hydroxyl groups excluding tert-OH is 1. The molecule has 0 radical (unpaired) electrons. The van der Waals surface area contributed by atoms with Crippen LogP contribution < -0.4 is 4.90 Å². The summed E-state index contributed by atoms with van der Waals surface area (Å²) in [5.41, 5.74) is 0.530. The average Bonchev–Trinajstić information content (AvgIpc) is 2.70. The van der Waals surface area contributed by atoms with Gasteiger partial charge in [-0.25, -0.2) is 9.78 Å². The maximum atomic E-state index is 11.0. The highest BCUT2D eigenvalue weighted by Crippen LogP contribution is 2.28. The number of nitrogens with zero attached hydrogens (tertiary/aromatic N) is 2. The lowest BCUT2D eigenvalue weighted by Gasteiger charge is -2.35. The molecule has 0 spiro atoms. The predicted molar refractivity (Wildman–Crippen MR) is 67.4 cm³/mol. The van der Waals surface area contributed by atoms with Crippen molar-refractivity contribution in [3.8, 4) is 0 Å². The smallest absolute Gasteiger partial charge is 0.347 e. The van der Waals surface area contributed by atoms with E-state index < -0.39 is 5.97 Å². The van der Waals surface area contributed by atoms with Gasteiger partial charge in [0.05, 0.1) is 24.5 Å². The highest BCUT2D eigenvalue weighted by Gasteiger charge is 2.27. The van der Waals surface area contributed by atoms with Gasteiger partial charge in [0.2, 0.25) is 0 Å². The maximum Gasteiger partial charge on any atom is 0.347 e. The Balaban J connectivity index is 2.20. The summed E-state index contributed by atoms with van der Waals surface area (Å²) >= 11 is 1.17. The molecule has 2 N–H and O–H groups in total. The van der Waals surface area contributed by atoms with E-state index in [4.69, 9.17) is 14.9 Å². The van der Waals surface area contributed by atoms with Crippen LogP contribution in [0.1, 0.15) is 22.3 Å². The second-order valence-electron chi connectivity index (χ2n) is 4.37. The summed E-state index contributed by atoms with van der Waals surface area (Å²) in [6.45, 7) is 4.76. The van der Waals surface area contributed by atoms with Crippen LogP contribution in [-0.4, -0.2) is 53.1 Å². The summed E-state index contributed by atoms with van der Waals surface area (Å²) < 4.78 is 5.54. The van der Waals surface area contributed by atoms with E-state index in [0.717, 1.165) is 0 Å². The van der Waals surface area contributed by atoms with Gasteiger partial charge < -0.3 is 19.8 Å². The van der Waals surface area contributed by atoms with Crippen molar-refractivity contribution in [2.24, 2.45) is 0 Å². The van der Waals surface area contributed by atoms with Crippen molar-refractivity contribution in [1.82, 2.24) is 4.98 Å². The zero-order valence-corrected chi connectivity index (χ0v) is 11.1. The molecule has 1 aliphatic rings. The molecule has 1 aromatic rings. The molecule has 0 aromatic carbocycles. The van der Waals surface area contributed by atoms with E-state index in [-0.39, 0.29) is 23.7 Å². The Morgan fingerprint density at radius 2 is 2.33 bits per heavy atom. The molecule has 0 saturated carbocycles. The molecule has 0 bridgehead atoms. The molecule has 2 unspecified atom stereocenters. The minimum atomic E-state index is -0.948. The van der Waals surface area contributed by atoms with E-state index in [1.807, 2.05) is 11.8 Å². The van der Waals surface area contributed by atoms with Crippen LogP contribution in [0.2, 0.25) is 0 Å². The molecule has 1 aliphatic heterocycles. The van der Waals surface area contributed by atoms with Crippen LogP contribution in [-0.2, 0) is 4.74 Å².